The van der Waals surface area contributed by atoms with Crippen molar-refractivity contribution >= 4 is 29.2 Å². The molecule has 0 aliphatic rings. The van der Waals surface area contributed by atoms with Crippen molar-refractivity contribution in [3.05, 3.63) is 87.9 Å². The second kappa shape index (κ2) is 18.0. The molecule has 0 bridgehead atoms. The fraction of sp³-hybridized carbons (Fsp3) is 0.526. The van der Waals surface area contributed by atoms with Crippen LogP contribution in [0.15, 0.2) is 66.0 Å². The Balaban J connectivity index is 1.72. The lowest BCUT2D eigenvalue weighted by Gasteiger charge is -2.29. The van der Waals surface area contributed by atoms with E-state index in [4.69, 9.17) is 0 Å². The maximum Gasteiger partial charge on any atom is 0.318 e. The predicted octanol–water partition coefficient (Wildman–Crippen LogP) is 7.10. The first-order chi connectivity index (χ1) is 22.2. The number of thiazole rings is 1. The Hall–Kier alpha value is -3.72. The third kappa shape index (κ3) is 13.5. The molecular formula is C38H55N5O3S. The Morgan fingerprint density at radius 3 is 1.81 bits per heavy atom. The van der Waals surface area contributed by atoms with Crippen LogP contribution in [0.3, 0.4) is 0 Å². The zero-order valence-corrected chi connectivity index (χ0v) is 30.3. The van der Waals surface area contributed by atoms with E-state index < -0.39 is 6.04 Å². The molecule has 3 aromatic rings. The Kier molecular flexibility index (Phi) is 14.4. The molecule has 0 aliphatic carbocycles. The van der Waals surface area contributed by atoms with Gasteiger partial charge < -0.3 is 20.9 Å². The zero-order chi connectivity index (χ0) is 34.6. The minimum absolute atomic E-state index is 0.0341. The lowest BCUT2D eigenvalue weighted by molar-refractivity contribution is -0.125. The standard InChI is InChI=1S/C38H55N5O3S/c1-26(2)34(42-37(46)43(8)24-32-25-47-36(41-32)27(3)4)35(45)40-31(22-29-17-13-10-14-18-29)20-19-30(21-28-15-11-9-12-16-28)39-33(44)23-38(5,6)7/h9-18,25-27,30-31,34H,19-24H2,1-8H3,(H,39,44)(H,40,45)(H,42,46). The first-order valence-corrected chi connectivity index (χ1v) is 17.7. The van der Waals surface area contributed by atoms with Crippen LogP contribution in [0, 0.1) is 11.3 Å². The normalized spacial score (nSPS) is 13.6. The highest BCUT2D eigenvalue weighted by Crippen LogP contribution is 2.21. The third-order valence-electron chi connectivity index (χ3n) is 7.95. The van der Waals surface area contributed by atoms with E-state index in [9.17, 15) is 14.4 Å². The lowest BCUT2D eigenvalue weighted by Crippen LogP contribution is -2.54. The van der Waals surface area contributed by atoms with Crippen LogP contribution in [-0.2, 0) is 29.0 Å². The molecule has 0 aliphatic heterocycles. The number of rotatable bonds is 16. The first-order valence-electron chi connectivity index (χ1n) is 16.8. The molecule has 0 radical (unpaired) electrons. The minimum Gasteiger partial charge on any atom is -0.353 e. The monoisotopic (exact) mass is 661 g/mol. The molecule has 47 heavy (non-hydrogen) atoms. The van der Waals surface area contributed by atoms with Gasteiger partial charge in [0.05, 0.1) is 17.2 Å². The summed E-state index contributed by atoms with van der Waals surface area (Å²) >= 11 is 1.60. The highest BCUT2D eigenvalue weighted by Gasteiger charge is 2.28. The van der Waals surface area contributed by atoms with E-state index in [0.29, 0.717) is 44.6 Å². The first kappa shape index (κ1) is 37.7. The minimum atomic E-state index is -0.712. The maximum atomic E-state index is 13.8. The summed E-state index contributed by atoms with van der Waals surface area (Å²) in [6.45, 7) is 14.6. The van der Waals surface area contributed by atoms with Crippen molar-refractivity contribution < 1.29 is 14.4 Å². The molecule has 256 valence electrons. The largest absolute Gasteiger partial charge is 0.353 e. The van der Waals surface area contributed by atoms with Gasteiger partial charge in [-0.05, 0) is 48.1 Å². The van der Waals surface area contributed by atoms with Crippen molar-refractivity contribution in [3.63, 3.8) is 0 Å². The highest BCUT2D eigenvalue weighted by atomic mass is 32.1. The maximum absolute atomic E-state index is 13.8. The molecular weight excluding hydrogens is 607 g/mol. The van der Waals surface area contributed by atoms with Crippen LogP contribution in [0.2, 0.25) is 0 Å². The number of nitrogens with zero attached hydrogens (tertiary/aromatic N) is 2. The molecule has 0 spiro atoms. The molecule has 1 aromatic heterocycles. The van der Waals surface area contributed by atoms with Gasteiger partial charge in [0, 0.05) is 36.9 Å². The van der Waals surface area contributed by atoms with E-state index in [2.05, 4.69) is 79.8 Å². The number of urea groups is 1. The number of amides is 4. The summed E-state index contributed by atoms with van der Waals surface area (Å²) in [4.78, 5) is 46.3. The third-order valence-corrected chi connectivity index (χ3v) is 9.15. The highest BCUT2D eigenvalue weighted by molar-refractivity contribution is 7.09. The molecule has 0 saturated heterocycles. The number of hydrogen-bond acceptors (Lipinski definition) is 5. The van der Waals surface area contributed by atoms with Crippen LogP contribution in [0.5, 0.6) is 0 Å². The van der Waals surface area contributed by atoms with Crippen LogP contribution in [0.4, 0.5) is 4.79 Å². The van der Waals surface area contributed by atoms with E-state index in [0.717, 1.165) is 21.8 Å². The topological polar surface area (TPSA) is 103 Å². The second-order valence-electron chi connectivity index (χ2n) is 14.5. The van der Waals surface area contributed by atoms with E-state index in [1.54, 1.807) is 23.3 Å². The number of carbonyl (C=O) groups is 3. The predicted molar refractivity (Wildman–Crippen MR) is 192 cm³/mol. The molecule has 0 saturated carbocycles. The van der Waals surface area contributed by atoms with Crippen LogP contribution in [0.1, 0.15) is 95.5 Å². The van der Waals surface area contributed by atoms with Gasteiger partial charge in [-0.2, -0.15) is 0 Å². The summed E-state index contributed by atoms with van der Waals surface area (Å²) in [5.74, 6) is 0.0276. The molecule has 3 atom stereocenters. The smallest absolute Gasteiger partial charge is 0.318 e. The summed E-state index contributed by atoms with van der Waals surface area (Å²) in [5, 5.41) is 12.6. The molecule has 3 N–H and O–H groups in total. The average Bonchev–Trinajstić information content (AvgIpc) is 3.47. The molecule has 2 aromatic carbocycles. The summed E-state index contributed by atoms with van der Waals surface area (Å²) in [7, 11) is 1.72. The molecule has 8 nitrogen and oxygen atoms in total. The number of carbonyl (C=O) groups excluding carboxylic acids is 3. The summed E-state index contributed by atoms with van der Waals surface area (Å²) in [6.07, 6.45) is 3.14. The SMILES string of the molecule is CC(C)c1nc(CN(C)C(=O)NC(C(=O)NC(CCC(Cc2ccccc2)NC(=O)CC(C)(C)C)Cc2ccccc2)C(C)C)cs1. The molecule has 3 unspecified atom stereocenters. The van der Waals surface area contributed by atoms with Crippen molar-refractivity contribution in [2.24, 2.45) is 11.3 Å². The Morgan fingerprint density at radius 1 is 0.809 bits per heavy atom. The van der Waals surface area contributed by atoms with Crippen LogP contribution < -0.4 is 16.0 Å². The van der Waals surface area contributed by atoms with E-state index in [1.807, 2.05) is 55.6 Å². The number of nitrogens with one attached hydrogen (secondary N) is 3. The van der Waals surface area contributed by atoms with Gasteiger partial charge >= 0.3 is 6.03 Å². The number of hydrogen-bond donors (Lipinski definition) is 3. The fourth-order valence-corrected chi connectivity index (χ4v) is 6.28. The summed E-state index contributed by atoms with van der Waals surface area (Å²) in [5.41, 5.74) is 2.99. The fourth-order valence-electron chi connectivity index (χ4n) is 5.45. The van der Waals surface area contributed by atoms with Gasteiger partial charge in [0.2, 0.25) is 11.8 Å². The lowest BCUT2D eigenvalue weighted by atomic mass is 9.91. The molecule has 9 heteroatoms. The van der Waals surface area contributed by atoms with E-state index in [-0.39, 0.29) is 41.3 Å². The van der Waals surface area contributed by atoms with Crippen molar-refractivity contribution in [1.29, 1.82) is 0 Å². The number of benzene rings is 2. The second-order valence-corrected chi connectivity index (χ2v) is 15.4. The Bertz CT molecular complexity index is 1400. The average molecular weight is 662 g/mol. The van der Waals surface area contributed by atoms with Crippen molar-refractivity contribution in [3.8, 4) is 0 Å². The van der Waals surface area contributed by atoms with Gasteiger partial charge in [0.1, 0.15) is 6.04 Å². The van der Waals surface area contributed by atoms with Crippen molar-refractivity contribution in [1.82, 2.24) is 25.8 Å². The van der Waals surface area contributed by atoms with Crippen LogP contribution in [-0.4, -0.2) is 52.9 Å². The molecule has 3 rings (SSSR count). The van der Waals surface area contributed by atoms with E-state index in [1.165, 1.54) is 0 Å². The number of aromatic nitrogens is 1. The quantitative estimate of drug-likeness (QED) is 0.152. The summed E-state index contributed by atoms with van der Waals surface area (Å²) < 4.78 is 0. The zero-order valence-electron chi connectivity index (χ0n) is 29.5. The van der Waals surface area contributed by atoms with Crippen LogP contribution in [0.25, 0.3) is 0 Å². The van der Waals surface area contributed by atoms with Crippen molar-refractivity contribution in [2.45, 2.75) is 111 Å². The molecule has 1 heterocycles. The van der Waals surface area contributed by atoms with Gasteiger partial charge in [-0.1, -0.05) is 109 Å². The van der Waals surface area contributed by atoms with Crippen LogP contribution >= 0.6 is 11.3 Å². The Labute approximate surface area is 286 Å². The van der Waals surface area contributed by atoms with Gasteiger partial charge in [-0.3, -0.25) is 9.59 Å². The van der Waals surface area contributed by atoms with E-state index >= 15 is 0 Å². The van der Waals surface area contributed by atoms with Gasteiger partial charge in [-0.25, -0.2) is 9.78 Å². The van der Waals surface area contributed by atoms with Gasteiger partial charge in [0.25, 0.3) is 0 Å². The molecule has 4 amide bonds. The summed E-state index contributed by atoms with van der Waals surface area (Å²) in [6, 6.07) is 19.0. The molecule has 0 fully saturated rings. The Morgan fingerprint density at radius 2 is 1.34 bits per heavy atom. The van der Waals surface area contributed by atoms with Crippen molar-refractivity contribution in [2.75, 3.05) is 7.05 Å². The van der Waals surface area contributed by atoms with Gasteiger partial charge in [0.15, 0.2) is 0 Å². The van der Waals surface area contributed by atoms with Gasteiger partial charge in [-0.15, -0.1) is 11.3 Å².